The van der Waals surface area contributed by atoms with E-state index in [-0.39, 0.29) is 54.5 Å². The molecule has 0 unspecified atom stereocenters. The zero-order valence-corrected chi connectivity index (χ0v) is 23.9. The third-order valence-corrected chi connectivity index (χ3v) is 7.90. The lowest BCUT2D eigenvalue weighted by Gasteiger charge is -2.30. The van der Waals surface area contributed by atoms with E-state index in [4.69, 9.17) is 34.8 Å². The molecule has 0 aliphatic carbocycles. The number of nitrogens with one attached hydrogen (secondary N) is 1. The molecule has 0 bridgehead atoms. The fraction of sp³-hybridized carbons (Fsp3) is 0.440. The van der Waals surface area contributed by atoms with Gasteiger partial charge in [-0.15, -0.1) is 0 Å². The van der Waals surface area contributed by atoms with E-state index in [9.17, 15) is 18.0 Å². The van der Waals surface area contributed by atoms with E-state index in [1.807, 2.05) is 19.9 Å². The van der Waals surface area contributed by atoms with Crippen LogP contribution < -0.4 is 9.62 Å². The SMILES string of the molecule is CC[C@@H](C)NC(=O)[C@H](C)N(Cc1ccccc1Cl)C(=O)CCCN(c1cc(Cl)ccc1Cl)S(C)(=O)=O. The van der Waals surface area contributed by atoms with Gasteiger partial charge in [-0.25, -0.2) is 8.42 Å². The maximum Gasteiger partial charge on any atom is 0.242 e. The molecule has 11 heteroatoms. The number of carbonyl (C=O) groups is 2. The smallest absolute Gasteiger partial charge is 0.242 e. The standard InChI is InChI=1S/C25H32Cl3N3O4S/c1-5-17(2)29-25(33)18(3)30(16-19-9-6-7-10-21(19)27)24(32)11-8-14-31(36(4,34)35)23-15-20(26)12-13-22(23)28/h6-7,9-10,12-13,15,17-18H,5,8,11,14,16H2,1-4H3,(H,29,33)/t17-,18+/m1/s1. The van der Waals surface area contributed by atoms with E-state index in [0.717, 1.165) is 17.0 Å². The lowest BCUT2D eigenvalue weighted by Crippen LogP contribution is -2.49. The quantitative estimate of drug-likeness (QED) is 0.360. The summed E-state index contributed by atoms with van der Waals surface area (Å²) in [4.78, 5) is 27.7. The Morgan fingerprint density at radius 2 is 1.69 bits per heavy atom. The highest BCUT2D eigenvalue weighted by Gasteiger charge is 2.28. The van der Waals surface area contributed by atoms with Gasteiger partial charge in [0.2, 0.25) is 21.8 Å². The predicted molar refractivity (Wildman–Crippen MR) is 147 cm³/mol. The highest BCUT2D eigenvalue weighted by atomic mass is 35.5. The Morgan fingerprint density at radius 1 is 1.03 bits per heavy atom. The van der Waals surface area contributed by atoms with Crippen LogP contribution in [0.4, 0.5) is 5.69 Å². The van der Waals surface area contributed by atoms with Gasteiger partial charge in [-0.3, -0.25) is 13.9 Å². The van der Waals surface area contributed by atoms with Gasteiger partial charge in [-0.2, -0.15) is 0 Å². The van der Waals surface area contributed by atoms with E-state index in [2.05, 4.69) is 5.32 Å². The van der Waals surface area contributed by atoms with Crippen LogP contribution in [-0.2, 0) is 26.2 Å². The number of sulfonamides is 1. The zero-order chi connectivity index (χ0) is 27.0. The van der Waals surface area contributed by atoms with E-state index < -0.39 is 16.1 Å². The van der Waals surface area contributed by atoms with Crippen LogP contribution in [0.5, 0.6) is 0 Å². The van der Waals surface area contributed by atoms with Crippen LogP contribution in [0.1, 0.15) is 45.6 Å². The van der Waals surface area contributed by atoms with E-state index >= 15 is 0 Å². The number of anilines is 1. The number of carbonyl (C=O) groups excluding carboxylic acids is 2. The third-order valence-electron chi connectivity index (χ3n) is 5.80. The number of halogens is 3. The first-order valence-corrected chi connectivity index (χ1v) is 14.6. The molecule has 0 aliphatic heterocycles. The van der Waals surface area contributed by atoms with Gasteiger partial charge in [0, 0.05) is 35.6 Å². The molecule has 0 spiro atoms. The van der Waals surface area contributed by atoms with Crippen LogP contribution in [0.3, 0.4) is 0 Å². The van der Waals surface area contributed by atoms with Crippen molar-refractivity contribution in [1.29, 1.82) is 0 Å². The molecular formula is C25H32Cl3N3O4S. The molecule has 2 rings (SSSR count). The van der Waals surface area contributed by atoms with Crippen LogP contribution in [0.15, 0.2) is 42.5 Å². The minimum Gasteiger partial charge on any atom is -0.352 e. The van der Waals surface area contributed by atoms with Gasteiger partial charge in [0.15, 0.2) is 0 Å². The molecule has 2 atom stereocenters. The molecule has 0 fully saturated rings. The molecule has 0 radical (unpaired) electrons. The second kappa shape index (κ2) is 13.5. The zero-order valence-electron chi connectivity index (χ0n) is 20.8. The van der Waals surface area contributed by atoms with E-state index in [0.29, 0.717) is 15.6 Å². The first kappa shape index (κ1) is 30.2. The van der Waals surface area contributed by atoms with Gasteiger partial charge in [-0.05, 0) is 56.5 Å². The molecular weight excluding hydrogens is 545 g/mol. The van der Waals surface area contributed by atoms with Gasteiger partial charge in [0.05, 0.1) is 17.0 Å². The van der Waals surface area contributed by atoms with Gasteiger partial charge in [0.25, 0.3) is 0 Å². The molecule has 0 aliphatic rings. The fourth-order valence-electron chi connectivity index (χ4n) is 3.52. The van der Waals surface area contributed by atoms with Gasteiger partial charge < -0.3 is 10.2 Å². The Balaban J connectivity index is 2.22. The topological polar surface area (TPSA) is 86.8 Å². The second-order valence-electron chi connectivity index (χ2n) is 8.64. The average Bonchev–Trinajstić information content (AvgIpc) is 2.81. The van der Waals surface area contributed by atoms with Crippen LogP contribution in [0.2, 0.25) is 15.1 Å². The van der Waals surface area contributed by atoms with Crippen molar-refractivity contribution in [1.82, 2.24) is 10.2 Å². The van der Waals surface area contributed by atoms with Gasteiger partial charge in [0.1, 0.15) is 6.04 Å². The van der Waals surface area contributed by atoms with Crippen molar-refractivity contribution in [2.24, 2.45) is 0 Å². The number of benzene rings is 2. The number of nitrogens with zero attached hydrogens (tertiary/aromatic N) is 2. The molecule has 2 aromatic rings. The second-order valence-corrected chi connectivity index (χ2v) is 11.8. The molecule has 1 N–H and O–H groups in total. The first-order valence-electron chi connectivity index (χ1n) is 11.6. The van der Waals surface area contributed by atoms with E-state index in [1.54, 1.807) is 31.2 Å². The predicted octanol–water partition coefficient (Wildman–Crippen LogP) is 5.53. The van der Waals surface area contributed by atoms with Crippen LogP contribution in [0, 0.1) is 0 Å². The number of hydrogen-bond donors (Lipinski definition) is 1. The van der Waals surface area contributed by atoms with Crippen molar-refractivity contribution in [3.63, 3.8) is 0 Å². The number of amides is 2. The summed E-state index contributed by atoms with van der Waals surface area (Å²) in [5.74, 6) is -0.569. The molecule has 2 aromatic carbocycles. The fourth-order valence-corrected chi connectivity index (χ4v) is 5.12. The first-order chi connectivity index (χ1) is 16.8. The molecule has 0 heterocycles. The molecule has 0 aromatic heterocycles. The Labute approximate surface area is 228 Å². The Bertz CT molecular complexity index is 1180. The third kappa shape index (κ3) is 8.54. The van der Waals surface area contributed by atoms with Crippen molar-refractivity contribution in [3.8, 4) is 0 Å². The highest BCUT2D eigenvalue weighted by molar-refractivity contribution is 7.92. The summed E-state index contributed by atoms with van der Waals surface area (Å²) in [5.41, 5.74) is 0.951. The lowest BCUT2D eigenvalue weighted by molar-refractivity contribution is -0.140. The van der Waals surface area contributed by atoms with Crippen molar-refractivity contribution in [3.05, 3.63) is 63.1 Å². The maximum atomic E-state index is 13.3. The highest BCUT2D eigenvalue weighted by Crippen LogP contribution is 2.31. The van der Waals surface area contributed by atoms with Crippen molar-refractivity contribution >= 4 is 62.3 Å². The number of rotatable bonds is 12. The Kier molecular flexibility index (Phi) is 11.3. The summed E-state index contributed by atoms with van der Waals surface area (Å²) in [6.07, 6.45) is 2.03. The number of hydrogen-bond acceptors (Lipinski definition) is 4. The van der Waals surface area contributed by atoms with Crippen LogP contribution >= 0.6 is 34.8 Å². The molecule has 2 amide bonds. The molecule has 7 nitrogen and oxygen atoms in total. The van der Waals surface area contributed by atoms with Gasteiger partial charge >= 0.3 is 0 Å². The summed E-state index contributed by atoms with van der Waals surface area (Å²) >= 11 is 18.6. The lowest BCUT2D eigenvalue weighted by atomic mass is 10.1. The summed E-state index contributed by atoms with van der Waals surface area (Å²) in [6, 6.07) is 10.9. The molecule has 36 heavy (non-hydrogen) atoms. The Hall–Kier alpha value is -2.00. The molecule has 0 saturated heterocycles. The monoisotopic (exact) mass is 575 g/mol. The molecule has 198 valence electrons. The van der Waals surface area contributed by atoms with Crippen LogP contribution in [0.25, 0.3) is 0 Å². The maximum absolute atomic E-state index is 13.3. The van der Waals surface area contributed by atoms with Crippen LogP contribution in [-0.4, -0.2) is 50.0 Å². The minimum atomic E-state index is -3.69. The minimum absolute atomic E-state index is 0.00953. The normalized spacial score (nSPS) is 13.1. The summed E-state index contributed by atoms with van der Waals surface area (Å²) in [6.45, 7) is 5.68. The average molecular weight is 577 g/mol. The van der Waals surface area contributed by atoms with Gasteiger partial charge in [-0.1, -0.05) is 59.9 Å². The largest absolute Gasteiger partial charge is 0.352 e. The summed E-state index contributed by atoms with van der Waals surface area (Å²) in [5, 5.41) is 3.97. The summed E-state index contributed by atoms with van der Waals surface area (Å²) < 4.78 is 26.1. The van der Waals surface area contributed by atoms with Crippen molar-refractivity contribution in [2.45, 2.75) is 58.7 Å². The van der Waals surface area contributed by atoms with Crippen molar-refractivity contribution in [2.75, 3.05) is 17.1 Å². The summed E-state index contributed by atoms with van der Waals surface area (Å²) in [7, 11) is -3.69. The molecule has 0 saturated carbocycles. The van der Waals surface area contributed by atoms with Crippen molar-refractivity contribution < 1.29 is 18.0 Å². The van der Waals surface area contributed by atoms with E-state index in [1.165, 1.54) is 17.0 Å². The Morgan fingerprint density at radius 3 is 2.31 bits per heavy atom.